The van der Waals surface area contributed by atoms with Gasteiger partial charge in [0.05, 0.1) is 45.9 Å². The second kappa shape index (κ2) is 19.6. The molecule has 2 heterocycles. The van der Waals surface area contributed by atoms with Crippen LogP contribution in [0.15, 0.2) is 48.6 Å². The number of imidazole rings is 1. The van der Waals surface area contributed by atoms with E-state index in [4.69, 9.17) is 0 Å². The van der Waals surface area contributed by atoms with E-state index in [1.807, 2.05) is 47.4 Å². The average Bonchev–Trinajstić information content (AvgIpc) is 3.45. The van der Waals surface area contributed by atoms with E-state index in [1.54, 1.807) is 16.1 Å². The van der Waals surface area contributed by atoms with Gasteiger partial charge >= 0.3 is 0 Å². The van der Waals surface area contributed by atoms with Crippen LogP contribution >= 0.6 is 0 Å². The molecule has 1 aliphatic rings. The highest BCUT2D eigenvalue weighted by Gasteiger charge is 2.31. The first kappa shape index (κ1) is 33.8. The van der Waals surface area contributed by atoms with E-state index in [1.165, 1.54) is 49.5 Å². The lowest BCUT2D eigenvalue weighted by Crippen LogP contribution is -2.59. The van der Waals surface area contributed by atoms with Crippen LogP contribution in [0.3, 0.4) is 0 Å². The van der Waals surface area contributed by atoms with Gasteiger partial charge in [0, 0.05) is 25.7 Å². The molecule has 0 aliphatic carbocycles. The summed E-state index contributed by atoms with van der Waals surface area (Å²) in [7, 11) is 0. The number of hydrogen-bond acceptors (Lipinski definition) is 4. The van der Waals surface area contributed by atoms with Crippen molar-refractivity contribution in [2.45, 2.75) is 98.1 Å². The van der Waals surface area contributed by atoms with Gasteiger partial charge < -0.3 is 19.6 Å². The van der Waals surface area contributed by atoms with Crippen molar-refractivity contribution < 1.29 is 19.0 Å². The maximum atomic E-state index is 13.2. The molecule has 41 heavy (non-hydrogen) atoms. The first-order valence-electron chi connectivity index (χ1n) is 15.3. The summed E-state index contributed by atoms with van der Waals surface area (Å²) in [5.74, 6) is -0.524. The van der Waals surface area contributed by atoms with Crippen LogP contribution in [0.4, 0.5) is 0 Å². The van der Waals surface area contributed by atoms with Crippen molar-refractivity contribution >= 4 is 24.1 Å². The number of aryl methyl sites for hydroxylation is 2. The highest BCUT2D eigenvalue weighted by Crippen LogP contribution is 2.12. The zero-order valence-electron chi connectivity index (χ0n) is 25.6. The number of unbranched alkanes of at least 4 members (excludes halogenated alkanes) is 6. The molecular formula is C31H52N7O3+. The van der Waals surface area contributed by atoms with Crippen molar-refractivity contribution in [2.75, 3.05) is 33.1 Å². The van der Waals surface area contributed by atoms with Crippen LogP contribution in [0, 0.1) is 0 Å². The molecule has 0 bridgehead atoms. The zero-order valence-corrected chi connectivity index (χ0v) is 25.6. The van der Waals surface area contributed by atoms with Crippen molar-refractivity contribution in [1.29, 1.82) is 0 Å². The Bertz CT molecular complexity index is 1000. The van der Waals surface area contributed by atoms with Gasteiger partial charge in [-0.1, -0.05) is 58.6 Å². The van der Waals surface area contributed by atoms with Gasteiger partial charge in [0.15, 0.2) is 0 Å². The van der Waals surface area contributed by atoms with E-state index in [0.29, 0.717) is 13.1 Å². The Balaban J connectivity index is 1.92. The quantitative estimate of drug-likeness (QED) is 0.0823. The average molecular weight is 571 g/mol. The molecule has 228 valence electrons. The smallest absolute Gasteiger partial charge is 0.248 e. The second-order valence-electron chi connectivity index (χ2n) is 10.6. The number of hydrogen-bond donors (Lipinski definition) is 0. The molecular weight excluding hydrogens is 518 g/mol. The van der Waals surface area contributed by atoms with Crippen molar-refractivity contribution in [2.24, 2.45) is 4.99 Å². The number of amides is 3. The SMILES string of the molecule is C=CC(=O)N1CN(C(=O)CCN(C=NCCCCCC)/C=C\C)CN(C(=O)CCn2cc[n+](CCCCCC)c2)C1. The fourth-order valence-electron chi connectivity index (χ4n) is 4.68. The van der Waals surface area contributed by atoms with Gasteiger partial charge in [-0.15, -0.1) is 0 Å². The molecule has 1 saturated heterocycles. The standard InChI is InChI=1S/C31H52N7O3/c1-5-9-11-13-17-32-24-33(18-7-3)20-15-30(40)37-26-36(29(39)8-4)27-38(28-37)31(41)16-21-35-23-22-34(25-35)19-14-12-10-6-2/h7-8,18,22-25H,4-6,9-17,19-21,26-28H2,1-3H3/q+1/b18-7-,32-24?. The summed E-state index contributed by atoms with van der Waals surface area (Å²) in [5.41, 5.74) is 0. The Kier molecular flexibility index (Phi) is 16.2. The molecule has 0 atom stereocenters. The molecule has 0 N–H and O–H groups in total. The molecule has 1 aliphatic heterocycles. The minimum Gasteiger partial charge on any atom is -0.339 e. The minimum absolute atomic E-state index is 0.0988. The number of nitrogens with zero attached hydrogens (tertiary/aromatic N) is 7. The van der Waals surface area contributed by atoms with Crippen LogP contribution in [0.25, 0.3) is 0 Å². The first-order chi connectivity index (χ1) is 19.9. The molecule has 10 heteroatoms. The summed E-state index contributed by atoms with van der Waals surface area (Å²) >= 11 is 0. The molecule has 0 saturated carbocycles. The van der Waals surface area contributed by atoms with Crippen molar-refractivity contribution in [3.63, 3.8) is 0 Å². The van der Waals surface area contributed by atoms with E-state index >= 15 is 0 Å². The summed E-state index contributed by atoms with van der Waals surface area (Å²) < 4.78 is 4.17. The number of allylic oxidation sites excluding steroid dienone is 1. The Morgan fingerprint density at radius 1 is 0.927 bits per heavy atom. The minimum atomic E-state index is -0.305. The fraction of sp³-hybridized carbons (Fsp3) is 0.645. The highest BCUT2D eigenvalue weighted by atomic mass is 16.2. The predicted octanol–water partition coefficient (Wildman–Crippen LogP) is 4.14. The lowest BCUT2D eigenvalue weighted by molar-refractivity contribution is -0.696. The number of carbonyl (C=O) groups is 3. The van der Waals surface area contributed by atoms with E-state index in [0.717, 1.165) is 25.9 Å². The molecule has 0 radical (unpaired) electrons. The predicted molar refractivity (Wildman–Crippen MR) is 162 cm³/mol. The highest BCUT2D eigenvalue weighted by molar-refractivity contribution is 5.88. The van der Waals surface area contributed by atoms with Crippen LogP contribution in [-0.2, 0) is 27.5 Å². The van der Waals surface area contributed by atoms with Gasteiger partial charge in [0.25, 0.3) is 0 Å². The van der Waals surface area contributed by atoms with Crippen LogP contribution in [0.5, 0.6) is 0 Å². The third-order valence-corrected chi connectivity index (χ3v) is 7.11. The summed E-state index contributed by atoms with van der Waals surface area (Å²) in [5, 5.41) is 0. The fourth-order valence-corrected chi connectivity index (χ4v) is 4.68. The molecule has 1 aromatic heterocycles. The monoisotopic (exact) mass is 570 g/mol. The molecule has 3 amide bonds. The molecule has 1 aromatic rings. The summed E-state index contributed by atoms with van der Waals surface area (Å²) in [6.07, 6.45) is 22.9. The lowest BCUT2D eigenvalue weighted by atomic mass is 10.2. The molecule has 0 aromatic carbocycles. The van der Waals surface area contributed by atoms with Crippen molar-refractivity contribution in [3.8, 4) is 0 Å². The molecule has 0 spiro atoms. The van der Waals surface area contributed by atoms with Crippen LogP contribution in [-0.4, -0.2) is 81.3 Å². The van der Waals surface area contributed by atoms with E-state index in [2.05, 4.69) is 30.0 Å². The van der Waals surface area contributed by atoms with Crippen LogP contribution in [0.2, 0.25) is 0 Å². The Labute approximate surface area is 247 Å². The molecule has 10 nitrogen and oxygen atoms in total. The van der Waals surface area contributed by atoms with E-state index < -0.39 is 0 Å². The maximum absolute atomic E-state index is 13.2. The second-order valence-corrected chi connectivity index (χ2v) is 10.6. The van der Waals surface area contributed by atoms with Crippen LogP contribution < -0.4 is 4.57 Å². The van der Waals surface area contributed by atoms with Gasteiger partial charge in [0.1, 0.15) is 12.4 Å². The zero-order chi connectivity index (χ0) is 29.9. The number of carbonyl (C=O) groups excluding carboxylic acids is 3. The first-order valence-corrected chi connectivity index (χ1v) is 15.3. The Hall–Kier alpha value is -3.43. The number of rotatable bonds is 19. The van der Waals surface area contributed by atoms with Crippen LogP contribution in [0.1, 0.15) is 85.0 Å². The van der Waals surface area contributed by atoms with Crippen molar-refractivity contribution in [3.05, 3.63) is 43.7 Å². The van der Waals surface area contributed by atoms with Gasteiger partial charge in [-0.2, -0.15) is 0 Å². The van der Waals surface area contributed by atoms with Gasteiger partial charge in [-0.05, 0) is 32.3 Å². The van der Waals surface area contributed by atoms with Gasteiger partial charge in [0.2, 0.25) is 24.0 Å². The van der Waals surface area contributed by atoms with E-state index in [9.17, 15) is 14.4 Å². The van der Waals surface area contributed by atoms with Crippen molar-refractivity contribution in [1.82, 2.24) is 24.2 Å². The maximum Gasteiger partial charge on any atom is 0.248 e. The summed E-state index contributed by atoms with van der Waals surface area (Å²) in [6.45, 7) is 13.1. The third kappa shape index (κ3) is 12.7. The van der Waals surface area contributed by atoms with Gasteiger partial charge in [-0.25, -0.2) is 9.13 Å². The Morgan fingerprint density at radius 2 is 1.59 bits per heavy atom. The number of aliphatic imine (C=N–C) groups is 1. The largest absolute Gasteiger partial charge is 0.339 e. The summed E-state index contributed by atoms with van der Waals surface area (Å²) in [6, 6.07) is 0. The van der Waals surface area contributed by atoms with Gasteiger partial charge in [-0.3, -0.25) is 19.4 Å². The molecule has 1 fully saturated rings. The third-order valence-electron chi connectivity index (χ3n) is 7.11. The summed E-state index contributed by atoms with van der Waals surface area (Å²) in [4.78, 5) is 49.9. The Morgan fingerprint density at radius 3 is 2.24 bits per heavy atom. The number of aromatic nitrogens is 2. The molecule has 2 rings (SSSR count). The molecule has 0 unspecified atom stereocenters. The van der Waals surface area contributed by atoms with E-state index in [-0.39, 0.29) is 50.6 Å². The normalized spacial score (nSPS) is 13.9. The topological polar surface area (TPSA) is 85.3 Å². The lowest BCUT2D eigenvalue weighted by Gasteiger charge is -2.42.